The molecular formula is C35H40. The molecule has 4 rings (SSSR count). The maximum atomic E-state index is 2.45. The summed E-state index contributed by atoms with van der Waals surface area (Å²) in [7, 11) is 0. The van der Waals surface area contributed by atoms with Crippen LogP contribution in [-0.2, 0) is 44.9 Å². The molecule has 0 aliphatic heterocycles. The minimum atomic E-state index is 0.999. The number of hydrogen-bond acceptors (Lipinski definition) is 0. The molecular weight excluding hydrogens is 420 g/mol. The Bertz CT molecular complexity index is 1180. The average molecular weight is 461 g/mol. The largest absolute Gasteiger partial charge is 0.0613 e. The highest BCUT2D eigenvalue weighted by Crippen LogP contribution is 2.25. The van der Waals surface area contributed by atoms with Crippen LogP contribution in [0.3, 0.4) is 0 Å². The van der Waals surface area contributed by atoms with Crippen LogP contribution in [0.2, 0.25) is 0 Å². The minimum absolute atomic E-state index is 0.999. The normalized spacial score (nSPS) is 11.1. The Labute approximate surface area is 213 Å². The Balaban J connectivity index is 1.50. The van der Waals surface area contributed by atoms with Gasteiger partial charge in [-0.1, -0.05) is 113 Å². The van der Waals surface area contributed by atoms with Crippen LogP contribution in [0.25, 0.3) is 0 Å². The summed E-state index contributed by atoms with van der Waals surface area (Å²) in [5, 5.41) is 0. The summed E-state index contributed by atoms with van der Waals surface area (Å²) in [5.41, 5.74) is 14.4. The molecule has 0 heterocycles. The fourth-order valence-electron chi connectivity index (χ4n) is 5.07. The van der Waals surface area contributed by atoms with E-state index in [4.69, 9.17) is 0 Å². The SMILES string of the molecule is CCc1ccc(Cc2ccc(Cc3c(CC)cc(Cc4ccc(CC)cc4)cc3CC)cc2)cc1. The second kappa shape index (κ2) is 12.0. The lowest BCUT2D eigenvalue weighted by molar-refractivity contribution is 0.982. The molecule has 0 N–H and O–H groups in total. The first-order valence-corrected chi connectivity index (χ1v) is 13.5. The molecule has 0 aliphatic rings. The van der Waals surface area contributed by atoms with Crippen LogP contribution in [0.5, 0.6) is 0 Å². The van der Waals surface area contributed by atoms with E-state index in [1.54, 1.807) is 0 Å². The maximum Gasteiger partial charge on any atom is -0.00203 e. The summed E-state index contributed by atoms with van der Waals surface area (Å²) < 4.78 is 0. The van der Waals surface area contributed by atoms with Crippen molar-refractivity contribution < 1.29 is 0 Å². The van der Waals surface area contributed by atoms with Crippen molar-refractivity contribution in [3.8, 4) is 0 Å². The van der Waals surface area contributed by atoms with E-state index in [9.17, 15) is 0 Å². The smallest absolute Gasteiger partial charge is 0.00203 e. The maximum absolute atomic E-state index is 2.45. The van der Waals surface area contributed by atoms with E-state index >= 15 is 0 Å². The quantitative estimate of drug-likeness (QED) is 0.222. The number of aryl methyl sites for hydroxylation is 4. The van der Waals surface area contributed by atoms with Gasteiger partial charge in [0.05, 0.1) is 0 Å². The summed E-state index contributed by atoms with van der Waals surface area (Å²) in [5.74, 6) is 0. The third-order valence-corrected chi connectivity index (χ3v) is 7.34. The van der Waals surface area contributed by atoms with Gasteiger partial charge in [-0.2, -0.15) is 0 Å². The van der Waals surface area contributed by atoms with Crippen LogP contribution in [0, 0.1) is 0 Å². The Morgan fingerprint density at radius 3 is 1.00 bits per heavy atom. The molecule has 0 bridgehead atoms. The molecule has 0 unspecified atom stereocenters. The van der Waals surface area contributed by atoms with Gasteiger partial charge in [-0.15, -0.1) is 0 Å². The van der Waals surface area contributed by atoms with Crippen LogP contribution in [0.4, 0.5) is 0 Å². The predicted octanol–water partition coefficient (Wildman–Crippen LogP) is 8.71. The number of rotatable bonds is 10. The minimum Gasteiger partial charge on any atom is -0.0613 e. The second-order valence-corrected chi connectivity index (χ2v) is 9.79. The molecule has 4 aromatic carbocycles. The van der Waals surface area contributed by atoms with E-state index < -0.39 is 0 Å². The molecule has 0 radical (unpaired) electrons. The van der Waals surface area contributed by atoms with Gasteiger partial charge < -0.3 is 0 Å². The van der Waals surface area contributed by atoms with Gasteiger partial charge in [0, 0.05) is 0 Å². The first kappa shape index (κ1) is 25.0. The van der Waals surface area contributed by atoms with Gasteiger partial charge in [0.25, 0.3) is 0 Å². The Morgan fingerprint density at radius 2 is 0.657 bits per heavy atom. The lowest BCUT2D eigenvalue weighted by Gasteiger charge is -2.17. The third kappa shape index (κ3) is 6.51. The Morgan fingerprint density at radius 1 is 0.343 bits per heavy atom. The Kier molecular flexibility index (Phi) is 8.59. The van der Waals surface area contributed by atoms with E-state index in [1.807, 2.05) is 0 Å². The van der Waals surface area contributed by atoms with Gasteiger partial charge in [0.15, 0.2) is 0 Å². The number of benzene rings is 4. The molecule has 4 aromatic rings. The van der Waals surface area contributed by atoms with Crippen LogP contribution in [0.15, 0.2) is 84.9 Å². The van der Waals surface area contributed by atoms with Crippen molar-refractivity contribution in [1.29, 1.82) is 0 Å². The van der Waals surface area contributed by atoms with Crippen molar-refractivity contribution in [3.63, 3.8) is 0 Å². The molecule has 0 heteroatoms. The molecule has 0 amide bonds. The van der Waals surface area contributed by atoms with E-state index in [0.717, 1.165) is 44.9 Å². The summed E-state index contributed by atoms with van der Waals surface area (Å²) in [6.45, 7) is 9.02. The lowest BCUT2D eigenvalue weighted by atomic mass is 9.88. The molecule has 0 saturated heterocycles. The van der Waals surface area contributed by atoms with Crippen LogP contribution < -0.4 is 0 Å². The molecule has 35 heavy (non-hydrogen) atoms. The van der Waals surface area contributed by atoms with Crippen molar-refractivity contribution in [1.82, 2.24) is 0 Å². The Hall–Kier alpha value is -3.12. The topological polar surface area (TPSA) is 0 Å². The van der Waals surface area contributed by atoms with Gasteiger partial charge in [-0.25, -0.2) is 0 Å². The zero-order valence-corrected chi connectivity index (χ0v) is 22.0. The lowest BCUT2D eigenvalue weighted by Crippen LogP contribution is -2.03. The van der Waals surface area contributed by atoms with E-state index in [0.29, 0.717) is 0 Å². The number of hydrogen-bond donors (Lipinski definition) is 0. The highest BCUT2D eigenvalue weighted by molar-refractivity contribution is 5.44. The first-order valence-electron chi connectivity index (χ1n) is 13.5. The van der Waals surface area contributed by atoms with Gasteiger partial charge in [0.1, 0.15) is 0 Å². The standard InChI is InChI=1S/C35H40/c1-5-26-9-13-28(14-10-26)21-29-17-19-31(20-18-29)25-35-33(7-3)23-32(24-34(35)8-4)22-30-15-11-27(6-2)12-16-30/h9-20,23-24H,5-8,21-22,25H2,1-4H3. The third-order valence-electron chi connectivity index (χ3n) is 7.34. The zero-order chi connectivity index (χ0) is 24.6. The molecule has 0 aliphatic carbocycles. The van der Waals surface area contributed by atoms with E-state index in [1.165, 1.54) is 55.6 Å². The summed E-state index contributed by atoms with van der Waals surface area (Å²) in [6, 6.07) is 32.4. The summed E-state index contributed by atoms with van der Waals surface area (Å²) in [4.78, 5) is 0. The van der Waals surface area contributed by atoms with Crippen LogP contribution in [0.1, 0.15) is 83.3 Å². The zero-order valence-electron chi connectivity index (χ0n) is 22.0. The highest BCUT2D eigenvalue weighted by Gasteiger charge is 2.11. The van der Waals surface area contributed by atoms with E-state index in [2.05, 4.69) is 113 Å². The fraction of sp³-hybridized carbons (Fsp3) is 0.314. The van der Waals surface area contributed by atoms with Crippen molar-refractivity contribution >= 4 is 0 Å². The van der Waals surface area contributed by atoms with Gasteiger partial charge in [-0.05, 0) is 101 Å². The van der Waals surface area contributed by atoms with Gasteiger partial charge in [0.2, 0.25) is 0 Å². The van der Waals surface area contributed by atoms with Crippen LogP contribution >= 0.6 is 0 Å². The molecule has 0 nitrogen and oxygen atoms in total. The molecule has 180 valence electrons. The predicted molar refractivity (Wildman–Crippen MR) is 152 cm³/mol. The van der Waals surface area contributed by atoms with Crippen molar-refractivity contribution in [3.05, 3.63) is 141 Å². The van der Waals surface area contributed by atoms with E-state index in [-0.39, 0.29) is 0 Å². The van der Waals surface area contributed by atoms with Crippen LogP contribution in [-0.4, -0.2) is 0 Å². The molecule has 0 fully saturated rings. The molecule has 0 aromatic heterocycles. The highest BCUT2D eigenvalue weighted by atomic mass is 14.2. The van der Waals surface area contributed by atoms with Gasteiger partial charge in [-0.3, -0.25) is 0 Å². The van der Waals surface area contributed by atoms with Gasteiger partial charge >= 0.3 is 0 Å². The summed E-state index contributed by atoms with van der Waals surface area (Å²) in [6.07, 6.45) is 7.39. The van der Waals surface area contributed by atoms with Crippen molar-refractivity contribution in [2.45, 2.75) is 72.6 Å². The molecule has 0 saturated carbocycles. The molecule has 0 atom stereocenters. The van der Waals surface area contributed by atoms with Crippen molar-refractivity contribution in [2.75, 3.05) is 0 Å². The first-order chi connectivity index (χ1) is 17.1. The fourth-order valence-corrected chi connectivity index (χ4v) is 5.07. The molecule has 0 spiro atoms. The monoisotopic (exact) mass is 460 g/mol. The second-order valence-electron chi connectivity index (χ2n) is 9.79. The van der Waals surface area contributed by atoms with Crippen molar-refractivity contribution in [2.24, 2.45) is 0 Å². The average Bonchev–Trinajstić information content (AvgIpc) is 2.91. The summed E-state index contributed by atoms with van der Waals surface area (Å²) >= 11 is 0.